The van der Waals surface area contributed by atoms with E-state index in [-0.39, 0.29) is 65.0 Å². The molecule has 8 heavy (non-hydrogen) atoms. The second-order valence-electron chi connectivity index (χ2n) is 0.572. The van der Waals surface area contributed by atoms with E-state index in [1.807, 2.05) is 0 Å². The van der Waals surface area contributed by atoms with Crippen LogP contribution in [0.15, 0.2) is 0 Å². The summed E-state index contributed by atoms with van der Waals surface area (Å²) in [4.78, 5) is 0. The number of hydrogen-bond acceptors (Lipinski definition) is 2. The van der Waals surface area contributed by atoms with Crippen LogP contribution in [0.5, 0.6) is 0 Å². The molecule has 0 aliphatic rings. The van der Waals surface area contributed by atoms with E-state index in [2.05, 4.69) is 2.09 Å². The summed E-state index contributed by atoms with van der Waals surface area (Å²) in [5.41, 5.74) is 0. The van der Waals surface area contributed by atoms with Crippen molar-refractivity contribution in [1.29, 1.82) is 0 Å². The van der Waals surface area contributed by atoms with E-state index in [9.17, 15) is 3.74 Å². The summed E-state index contributed by atoms with van der Waals surface area (Å²) in [5.74, 6) is 0. The molecule has 8 heteroatoms. The first kappa shape index (κ1) is 17.3. The Kier molecular flexibility index (Phi) is 17.8. The van der Waals surface area contributed by atoms with E-state index in [4.69, 9.17) is 8.19 Å². The maximum absolute atomic E-state index is 9.55. The minimum Gasteiger partial charge on any atom is 0 e. The van der Waals surface area contributed by atoms with Crippen molar-refractivity contribution in [2.24, 2.45) is 0 Å². The minimum atomic E-state index is -4.64. The van der Waals surface area contributed by atoms with Gasteiger partial charge < -0.3 is 0 Å². The van der Waals surface area contributed by atoms with Crippen molar-refractivity contribution in [3.63, 3.8) is 0 Å². The Labute approximate surface area is 114 Å². The van der Waals surface area contributed by atoms with Crippen LogP contribution in [0.2, 0.25) is 0 Å². The van der Waals surface area contributed by atoms with Crippen LogP contribution in [0, 0.1) is 0 Å². The van der Waals surface area contributed by atoms with Crippen molar-refractivity contribution in [3.8, 4) is 0 Å². The maximum Gasteiger partial charge on any atom is 0 e. The Morgan fingerprint density at radius 3 is 1.62 bits per heavy atom. The van der Waals surface area contributed by atoms with Gasteiger partial charge in [-0.1, -0.05) is 0 Å². The molecule has 0 bridgehead atoms. The van der Waals surface area contributed by atoms with Crippen molar-refractivity contribution in [1.82, 2.24) is 0 Å². The number of hydrogen-bond donors (Lipinski definition) is 2. The normalized spacial score (nSPS) is 8.88. The Hall–Kier alpha value is 3.13. The first-order valence-corrected chi connectivity index (χ1v) is 5.20. The monoisotopic (exact) mass is 426 g/mol. The van der Waals surface area contributed by atoms with Crippen LogP contribution in [0.1, 0.15) is 0 Å². The molecule has 0 unspecified atom stereocenters. The van der Waals surface area contributed by atoms with Crippen LogP contribution in [0.3, 0.4) is 0 Å². The third-order valence-corrected chi connectivity index (χ3v) is 3.71. The summed E-state index contributed by atoms with van der Waals surface area (Å²) >= 11 is -3.98. The number of rotatable bonds is 1. The summed E-state index contributed by atoms with van der Waals surface area (Å²) < 4.78 is 28.8. The topological polar surface area (TPSA) is 66.8 Å². The molecule has 44 valence electrons. The second-order valence-corrected chi connectivity index (χ2v) is 5.40. The van der Waals surface area contributed by atoms with Gasteiger partial charge in [0.1, 0.15) is 0 Å². The summed E-state index contributed by atoms with van der Waals surface area (Å²) in [6.07, 6.45) is 0. The third kappa shape index (κ3) is 16.1. The van der Waals surface area contributed by atoms with Crippen molar-refractivity contribution in [2.45, 2.75) is 0 Å². The van der Waals surface area contributed by atoms with Gasteiger partial charge in [0.25, 0.3) is 0 Å². The molecule has 0 saturated heterocycles. The molecule has 0 aromatic carbocycles. The third-order valence-electron chi connectivity index (χ3n) is 0.106. The first-order valence-electron chi connectivity index (χ1n) is 0.948. The molecular weight excluding hydrogens is 420 g/mol. The van der Waals surface area contributed by atoms with Gasteiger partial charge >= 0.3 is 96.7 Å². The molecule has 0 heterocycles. The Morgan fingerprint density at radius 2 is 1.62 bits per heavy atom. The van der Waals surface area contributed by atoms with Crippen LogP contribution < -0.4 is 0 Å². The van der Waals surface area contributed by atoms with Crippen molar-refractivity contribution in [3.05, 3.63) is 0 Å². The van der Waals surface area contributed by atoms with Gasteiger partial charge in [-0.3, -0.25) is 0 Å². The summed E-state index contributed by atoms with van der Waals surface area (Å²) in [6, 6.07) is 0. The quantitative estimate of drug-likeness (QED) is 0.434. The van der Waals surface area contributed by atoms with Gasteiger partial charge in [-0.25, -0.2) is 0 Å². The molecule has 0 atom stereocenters. The Morgan fingerprint density at radius 1 is 1.50 bits per heavy atom. The summed E-state index contributed by atoms with van der Waals surface area (Å²) in [7, 11) is 0. The molecule has 0 aliphatic carbocycles. The van der Waals surface area contributed by atoms with Crippen molar-refractivity contribution < 1.29 is 33.5 Å². The predicted molar refractivity (Wildman–Crippen MR) is 27.7 cm³/mol. The smallest absolute Gasteiger partial charge is 0 e. The van der Waals surface area contributed by atoms with Gasteiger partial charge in [0, 0.05) is 19.5 Å². The van der Waals surface area contributed by atoms with E-state index in [0.29, 0.717) is 22.7 Å². The second kappa shape index (κ2) is 8.23. The van der Waals surface area contributed by atoms with Crippen LogP contribution >= 0.6 is 0 Å². The van der Waals surface area contributed by atoms with E-state index in [0.717, 1.165) is 0 Å². The summed E-state index contributed by atoms with van der Waals surface area (Å²) in [5, 5.41) is 0. The molecule has 0 aliphatic heterocycles. The van der Waals surface area contributed by atoms with Crippen molar-refractivity contribution in [2.75, 3.05) is 0 Å². The molecule has 2 N–H and O–H groups in total. The standard InChI is InChI=1S/AsH3O4Te.Sr.Zn.2H/c2-1(3,4)5-6;;;;/h6H,(H2,2,3,4);;;;. The molecule has 0 spiro atoms. The fraction of sp³-hybridized carbons (Fsp3) is 0. The molecule has 0 aromatic heterocycles. The molecule has 0 rings (SSSR count). The van der Waals surface area contributed by atoms with Crippen molar-refractivity contribution >= 4 is 82.7 Å². The van der Waals surface area contributed by atoms with E-state index >= 15 is 0 Å². The zero-order valence-electron chi connectivity index (χ0n) is 3.31. The predicted octanol–water partition coefficient (Wildman–Crippen LogP) is -3.25. The molecule has 0 fully saturated rings. The SMILES string of the molecule is O=[As](O)(O)O[TeH].[SrH2].[Zn]. The molecule has 0 radical (unpaired) electrons. The molecule has 0 amide bonds. The fourth-order valence-electron chi connectivity index (χ4n) is 0. The summed E-state index contributed by atoms with van der Waals surface area (Å²) in [6.45, 7) is 0. The average Bonchev–Trinajstić information content (AvgIpc) is 1.35. The fourth-order valence-corrected chi connectivity index (χ4v) is 0. The van der Waals surface area contributed by atoms with Gasteiger partial charge in [0.15, 0.2) is 0 Å². The molecule has 0 saturated carbocycles. The van der Waals surface area contributed by atoms with Gasteiger partial charge in [0.2, 0.25) is 0 Å². The van der Waals surface area contributed by atoms with Gasteiger partial charge in [0.05, 0.1) is 0 Å². The zero-order valence-corrected chi connectivity index (χ0v) is 10.7. The van der Waals surface area contributed by atoms with Crippen LogP contribution in [0.25, 0.3) is 0 Å². The van der Waals surface area contributed by atoms with Gasteiger partial charge in [-0.05, 0) is 0 Å². The largest absolute Gasteiger partial charge is 0 e. The van der Waals surface area contributed by atoms with Gasteiger partial charge in [-0.2, -0.15) is 0 Å². The van der Waals surface area contributed by atoms with E-state index in [1.54, 1.807) is 0 Å². The van der Waals surface area contributed by atoms with Crippen LogP contribution in [-0.2, 0) is 25.3 Å². The average molecular weight is 425 g/mol. The van der Waals surface area contributed by atoms with Crippen LogP contribution in [-0.4, -0.2) is 90.9 Å². The minimum absolute atomic E-state index is 0. The van der Waals surface area contributed by atoms with E-state index < -0.39 is 14.5 Å². The zero-order chi connectivity index (χ0) is 5.21. The maximum atomic E-state index is 9.55. The van der Waals surface area contributed by atoms with Crippen LogP contribution in [0.4, 0.5) is 0 Å². The van der Waals surface area contributed by atoms with Gasteiger partial charge in [-0.15, -0.1) is 0 Å². The molecular formula is H5AsO4SrTeZn. The molecule has 0 aromatic rings. The Balaban J connectivity index is -0.000000125. The van der Waals surface area contributed by atoms with E-state index in [1.165, 1.54) is 0 Å². The Bertz CT molecular complexity index is 80.1. The molecule has 4 nitrogen and oxygen atoms in total. The first-order chi connectivity index (χ1) is 2.56.